The van der Waals surface area contributed by atoms with E-state index in [9.17, 15) is 9.18 Å². The number of aromatic nitrogens is 5. The molecule has 0 bridgehead atoms. The molecule has 0 saturated heterocycles. The normalized spacial score (nSPS) is 11.6. The average molecular weight is 403 g/mol. The van der Waals surface area contributed by atoms with Crippen molar-refractivity contribution >= 4 is 23.5 Å². The Hall–Kier alpha value is -2.88. The number of nitrogens with two attached hydrogens (primary N) is 1. The predicted molar refractivity (Wildman–Crippen MR) is 106 cm³/mol. The molecule has 28 heavy (non-hydrogen) atoms. The van der Waals surface area contributed by atoms with Crippen molar-refractivity contribution in [2.45, 2.75) is 38.3 Å². The van der Waals surface area contributed by atoms with Crippen LogP contribution in [-0.2, 0) is 10.2 Å². The maximum absolute atomic E-state index is 14.1. The topological polar surface area (TPSA) is 104 Å². The summed E-state index contributed by atoms with van der Waals surface area (Å²) in [7, 11) is 0. The molecule has 1 aromatic carbocycles. The summed E-state index contributed by atoms with van der Waals surface area (Å²) >= 11 is 1.17. The summed E-state index contributed by atoms with van der Waals surface area (Å²) in [5.74, 6) is 6.40. The summed E-state index contributed by atoms with van der Waals surface area (Å²) in [6, 6.07) is 7.92. The van der Waals surface area contributed by atoms with Gasteiger partial charge in [0.2, 0.25) is 11.1 Å². The molecule has 0 atom stereocenters. The summed E-state index contributed by atoms with van der Waals surface area (Å²) in [5, 5.41) is 15.6. The van der Waals surface area contributed by atoms with Crippen LogP contribution in [-0.4, -0.2) is 36.3 Å². The first-order chi connectivity index (χ1) is 13.2. The molecule has 1 amide bonds. The fourth-order valence-electron chi connectivity index (χ4n) is 2.59. The highest BCUT2D eigenvalue weighted by molar-refractivity contribution is 7.99. The largest absolute Gasteiger partial charge is 0.336 e. The van der Waals surface area contributed by atoms with Crippen LogP contribution in [0.3, 0.4) is 0 Å². The Kier molecular flexibility index (Phi) is 5.41. The van der Waals surface area contributed by atoms with Crippen molar-refractivity contribution < 1.29 is 9.18 Å². The van der Waals surface area contributed by atoms with Crippen LogP contribution in [0.25, 0.3) is 5.69 Å². The van der Waals surface area contributed by atoms with E-state index >= 15 is 0 Å². The Morgan fingerprint density at radius 2 is 2.00 bits per heavy atom. The number of rotatable bonds is 5. The number of carbonyl (C=O) groups is 1. The second kappa shape index (κ2) is 7.63. The van der Waals surface area contributed by atoms with Crippen LogP contribution in [0, 0.1) is 12.7 Å². The summed E-state index contributed by atoms with van der Waals surface area (Å²) in [5.41, 5.74) is 0.657. The lowest BCUT2D eigenvalue weighted by Gasteiger charge is -2.16. The number of anilines is 1. The van der Waals surface area contributed by atoms with E-state index in [0.717, 1.165) is 0 Å². The van der Waals surface area contributed by atoms with Crippen LogP contribution in [0.1, 0.15) is 32.3 Å². The van der Waals surface area contributed by atoms with E-state index in [0.29, 0.717) is 22.5 Å². The van der Waals surface area contributed by atoms with Gasteiger partial charge in [0, 0.05) is 11.5 Å². The van der Waals surface area contributed by atoms with Gasteiger partial charge in [-0.15, -0.1) is 10.2 Å². The summed E-state index contributed by atoms with van der Waals surface area (Å²) in [6.07, 6.45) is 0. The molecule has 0 aliphatic carbocycles. The molecule has 2 heterocycles. The Labute approximate surface area is 166 Å². The van der Waals surface area contributed by atoms with E-state index in [1.807, 2.05) is 20.8 Å². The SMILES string of the molecule is Cc1cc(NC(=O)CSc2nnc(C(C)(C)C)n2N)n(-c2ccccc2F)n1. The van der Waals surface area contributed by atoms with Gasteiger partial charge in [-0.1, -0.05) is 44.7 Å². The number of hydrogen-bond donors (Lipinski definition) is 2. The first-order valence-corrected chi connectivity index (χ1v) is 9.60. The first-order valence-electron chi connectivity index (χ1n) is 8.62. The highest BCUT2D eigenvalue weighted by Gasteiger charge is 2.23. The highest BCUT2D eigenvalue weighted by atomic mass is 32.2. The number of amides is 1. The molecule has 3 aromatic rings. The van der Waals surface area contributed by atoms with Crippen LogP contribution < -0.4 is 11.2 Å². The summed E-state index contributed by atoms with van der Waals surface area (Å²) < 4.78 is 16.9. The van der Waals surface area contributed by atoms with Gasteiger partial charge in [0.15, 0.2) is 5.82 Å². The zero-order valence-corrected chi connectivity index (χ0v) is 16.9. The molecule has 3 rings (SSSR count). The molecule has 0 radical (unpaired) electrons. The number of aryl methyl sites for hydroxylation is 1. The molecule has 0 unspecified atom stereocenters. The number of nitrogen functional groups attached to an aromatic ring is 1. The zero-order valence-electron chi connectivity index (χ0n) is 16.1. The molecule has 0 saturated carbocycles. The van der Waals surface area contributed by atoms with E-state index in [2.05, 4.69) is 20.6 Å². The van der Waals surface area contributed by atoms with Gasteiger partial charge in [0.05, 0.1) is 11.4 Å². The molecule has 0 fully saturated rings. The van der Waals surface area contributed by atoms with Crippen LogP contribution in [0.15, 0.2) is 35.5 Å². The molecular formula is C18H22FN7OS. The van der Waals surface area contributed by atoms with Crippen molar-refractivity contribution in [2.75, 3.05) is 16.9 Å². The lowest BCUT2D eigenvalue weighted by Crippen LogP contribution is -2.24. The molecule has 2 aromatic heterocycles. The minimum Gasteiger partial charge on any atom is -0.336 e. The molecule has 148 valence electrons. The van der Waals surface area contributed by atoms with Crippen molar-refractivity contribution in [1.82, 2.24) is 24.7 Å². The number of nitrogens with zero attached hydrogens (tertiary/aromatic N) is 5. The first kappa shape index (κ1) is 19.9. The molecular weight excluding hydrogens is 381 g/mol. The summed E-state index contributed by atoms with van der Waals surface area (Å²) in [6.45, 7) is 7.71. The third-order valence-electron chi connectivity index (χ3n) is 3.85. The maximum Gasteiger partial charge on any atom is 0.236 e. The Morgan fingerprint density at radius 3 is 2.64 bits per heavy atom. The van der Waals surface area contributed by atoms with Crippen molar-refractivity contribution in [2.24, 2.45) is 0 Å². The van der Waals surface area contributed by atoms with E-state index in [-0.39, 0.29) is 22.8 Å². The van der Waals surface area contributed by atoms with E-state index < -0.39 is 5.82 Å². The average Bonchev–Trinajstić information content (AvgIpc) is 3.15. The van der Waals surface area contributed by atoms with Crippen molar-refractivity contribution in [3.63, 3.8) is 0 Å². The maximum atomic E-state index is 14.1. The van der Waals surface area contributed by atoms with E-state index in [1.54, 1.807) is 31.2 Å². The Morgan fingerprint density at radius 1 is 1.29 bits per heavy atom. The van der Waals surface area contributed by atoms with Gasteiger partial charge in [0.25, 0.3) is 0 Å². The highest BCUT2D eigenvalue weighted by Crippen LogP contribution is 2.24. The second-order valence-corrected chi connectivity index (χ2v) is 8.24. The number of hydrogen-bond acceptors (Lipinski definition) is 6. The van der Waals surface area contributed by atoms with Gasteiger partial charge in [-0.25, -0.2) is 13.7 Å². The van der Waals surface area contributed by atoms with Crippen LogP contribution in [0.4, 0.5) is 10.2 Å². The minimum absolute atomic E-state index is 0.0704. The lowest BCUT2D eigenvalue weighted by molar-refractivity contribution is -0.113. The molecule has 8 nitrogen and oxygen atoms in total. The fourth-order valence-corrected chi connectivity index (χ4v) is 3.25. The quantitative estimate of drug-likeness (QED) is 0.501. The number of para-hydroxylation sites is 1. The van der Waals surface area contributed by atoms with Gasteiger partial charge in [-0.2, -0.15) is 5.10 Å². The molecule has 3 N–H and O–H groups in total. The number of thioether (sulfide) groups is 1. The number of nitrogens with one attached hydrogen (secondary N) is 1. The Balaban J connectivity index is 1.72. The van der Waals surface area contributed by atoms with Gasteiger partial charge in [0.1, 0.15) is 17.3 Å². The zero-order chi connectivity index (χ0) is 20.5. The van der Waals surface area contributed by atoms with Crippen molar-refractivity contribution in [3.05, 3.63) is 47.7 Å². The smallest absolute Gasteiger partial charge is 0.236 e. The van der Waals surface area contributed by atoms with E-state index in [4.69, 9.17) is 5.84 Å². The summed E-state index contributed by atoms with van der Waals surface area (Å²) in [4.78, 5) is 12.4. The van der Waals surface area contributed by atoms with Gasteiger partial charge < -0.3 is 11.2 Å². The van der Waals surface area contributed by atoms with Gasteiger partial charge in [-0.3, -0.25) is 4.79 Å². The third kappa shape index (κ3) is 4.16. The molecule has 0 aliphatic heterocycles. The van der Waals surface area contributed by atoms with Crippen LogP contribution in [0.2, 0.25) is 0 Å². The van der Waals surface area contributed by atoms with Gasteiger partial charge in [-0.05, 0) is 19.1 Å². The Bertz CT molecular complexity index is 1010. The monoisotopic (exact) mass is 403 g/mol. The number of carbonyl (C=O) groups excluding carboxylic acids is 1. The van der Waals surface area contributed by atoms with Crippen molar-refractivity contribution in [3.8, 4) is 5.69 Å². The molecule has 0 spiro atoms. The standard InChI is InChI=1S/C18H22FN7OS/c1-11-9-14(26(24-11)13-8-6-5-7-12(13)19)21-15(27)10-28-17-23-22-16(25(17)20)18(2,3)4/h5-9H,10,20H2,1-4H3,(H,21,27). The van der Waals surface area contributed by atoms with Crippen LogP contribution >= 0.6 is 11.8 Å². The van der Waals surface area contributed by atoms with E-state index in [1.165, 1.54) is 27.2 Å². The molecule has 10 heteroatoms. The predicted octanol–water partition coefficient (Wildman–Crippen LogP) is 2.65. The number of benzene rings is 1. The van der Waals surface area contributed by atoms with Crippen molar-refractivity contribution in [1.29, 1.82) is 0 Å². The molecule has 0 aliphatic rings. The second-order valence-electron chi connectivity index (χ2n) is 7.30. The minimum atomic E-state index is -0.429. The lowest BCUT2D eigenvalue weighted by atomic mass is 9.96. The number of halogens is 1. The third-order valence-corrected chi connectivity index (χ3v) is 4.79. The fraction of sp³-hybridized carbons (Fsp3) is 0.333. The van der Waals surface area contributed by atoms with Crippen LogP contribution in [0.5, 0.6) is 0 Å². The van der Waals surface area contributed by atoms with Gasteiger partial charge >= 0.3 is 0 Å².